The number of hydrogen-bond acceptors (Lipinski definition) is 2. The highest BCUT2D eigenvalue weighted by Gasteiger charge is 2.50. The summed E-state index contributed by atoms with van der Waals surface area (Å²) in [7, 11) is 0.889. The first kappa shape index (κ1) is 13.9. The quantitative estimate of drug-likeness (QED) is 0.463. The Kier molecular flexibility index (Phi) is 4.26. The standard InChI is InChI=1S/C6H8F5NO3/c1-15-3-12(4(13)14)6(10,11)2-5(7,8)9/h2-3H2,1H3,(H,13,14). The van der Waals surface area contributed by atoms with Gasteiger partial charge in [0.2, 0.25) is 0 Å². The van der Waals surface area contributed by atoms with Crippen molar-refractivity contribution in [3.63, 3.8) is 0 Å². The van der Waals surface area contributed by atoms with Crippen molar-refractivity contribution in [1.29, 1.82) is 0 Å². The van der Waals surface area contributed by atoms with E-state index in [4.69, 9.17) is 5.11 Å². The van der Waals surface area contributed by atoms with Crippen LogP contribution in [-0.2, 0) is 4.74 Å². The number of methoxy groups -OCH3 is 1. The molecule has 0 saturated carbocycles. The molecule has 0 radical (unpaired) electrons. The van der Waals surface area contributed by atoms with Crippen molar-refractivity contribution in [2.45, 2.75) is 18.6 Å². The van der Waals surface area contributed by atoms with E-state index in [1.165, 1.54) is 0 Å². The molecule has 0 aromatic carbocycles. The van der Waals surface area contributed by atoms with E-state index in [9.17, 15) is 26.7 Å². The van der Waals surface area contributed by atoms with Crippen LogP contribution in [0, 0.1) is 0 Å². The number of ether oxygens (including phenoxy) is 1. The number of amides is 1. The number of carboxylic acid groups (broad SMARTS) is 1. The third-order valence-electron chi connectivity index (χ3n) is 1.30. The van der Waals surface area contributed by atoms with Gasteiger partial charge in [0.25, 0.3) is 0 Å². The Hall–Kier alpha value is -1.12. The minimum atomic E-state index is -5.16. The van der Waals surface area contributed by atoms with Crippen LogP contribution in [0.3, 0.4) is 0 Å². The second-order valence-corrected chi connectivity index (χ2v) is 2.59. The van der Waals surface area contributed by atoms with Crippen molar-refractivity contribution in [2.24, 2.45) is 0 Å². The number of hydrogen-bond donors (Lipinski definition) is 1. The summed E-state index contributed by atoms with van der Waals surface area (Å²) in [6.07, 6.45) is -9.90. The van der Waals surface area contributed by atoms with Gasteiger partial charge in [0.15, 0.2) is 0 Å². The Bertz CT molecular complexity index is 229. The molecule has 0 aromatic rings. The molecule has 0 heterocycles. The molecule has 0 atom stereocenters. The molecule has 0 rings (SSSR count). The Morgan fingerprint density at radius 2 is 1.80 bits per heavy atom. The molecular formula is C6H8F5NO3. The maximum absolute atomic E-state index is 12.8. The largest absolute Gasteiger partial charge is 0.465 e. The fourth-order valence-corrected chi connectivity index (χ4v) is 0.755. The van der Waals surface area contributed by atoms with Crippen LogP contribution in [0.2, 0.25) is 0 Å². The Labute approximate surface area is 81.2 Å². The zero-order chi connectivity index (χ0) is 12.3. The smallest absolute Gasteiger partial charge is 0.413 e. The van der Waals surface area contributed by atoms with E-state index >= 15 is 0 Å². The van der Waals surface area contributed by atoms with Gasteiger partial charge in [-0.25, -0.2) is 9.69 Å². The normalized spacial score (nSPS) is 12.7. The lowest BCUT2D eigenvalue weighted by Crippen LogP contribution is -2.48. The summed E-state index contributed by atoms with van der Waals surface area (Å²) in [6.45, 7) is -1.14. The van der Waals surface area contributed by atoms with Gasteiger partial charge in [0, 0.05) is 7.11 Å². The van der Waals surface area contributed by atoms with Crippen molar-refractivity contribution in [2.75, 3.05) is 13.8 Å². The highest BCUT2D eigenvalue weighted by atomic mass is 19.4. The summed E-state index contributed by atoms with van der Waals surface area (Å²) in [6, 6.07) is -4.54. The zero-order valence-corrected chi connectivity index (χ0v) is 7.51. The maximum Gasteiger partial charge on any atom is 0.413 e. The van der Waals surface area contributed by atoms with Crippen LogP contribution in [-0.4, -0.2) is 42.2 Å². The van der Waals surface area contributed by atoms with Crippen LogP contribution < -0.4 is 0 Å². The molecule has 0 saturated heterocycles. The second-order valence-electron chi connectivity index (χ2n) is 2.59. The van der Waals surface area contributed by atoms with Crippen LogP contribution in [0.25, 0.3) is 0 Å². The van der Waals surface area contributed by atoms with Gasteiger partial charge in [-0.15, -0.1) is 0 Å². The van der Waals surface area contributed by atoms with Crippen LogP contribution in [0.5, 0.6) is 0 Å². The van der Waals surface area contributed by atoms with Gasteiger partial charge < -0.3 is 9.84 Å². The van der Waals surface area contributed by atoms with Gasteiger partial charge in [-0.3, -0.25) is 0 Å². The minimum absolute atomic E-state index is 0.722. The van der Waals surface area contributed by atoms with E-state index in [0.29, 0.717) is 0 Å². The molecule has 0 unspecified atom stereocenters. The first-order valence-corrected chi connectivity index (χ1v) is 3.54. The molecule has 0 aliphatic rings. The van der Waals surface area contributed by atoms with Gasteiger partial charge in [-0.05, 0) is 0 Å². The third kappa shape index (κ3) is 4.77. The molecule has 0 aliphatic heterocycles. The van der Waals surface area contributed by atoms with E-state index < -0.39 is 36.4 Å². The molecule has 90 valence electrons. The molecular weight excluding hydrogens is 229 g/mol. The van der Waals surface area contributed by atoms with E-state index in [2.05, 4.69) is 4.74 Å². The van der Waals surface area contributed by atoms with E-state index in [1.54, 1.807) is 0 Å². The molecule has 0 fully saturated rings. The SMILES string of the molecule is COCN(C(=O)O)C(F)(F)CC(F)(F)F. The van der Waals surface area contributed by atoms with Crippen LogP contribution in [0.1, 0.15) is 6.42 Å². The monoisotopic (exact) mass is 237 g/mol. The van der Waals surface area contributed by atoms with Crippen LogP contribution >= 0.6 is 0 Å². The molecule has 0 aliphatic carbocycles. The summed E-state index contributed by atoms with van der Waals surface area (Å²) in [5, 5.41) is 8.24. The average molecular weight is 237 g/mol. The molecule has 9 heteroatoms. The van der Waals surface area contributed by atoms with Crippen LogP contribution in [0.15, 0.2) is 0 Å². The van der Waals surface area contributed by atoms with E-state index in [-0.39, 0.29) is 0 Å². The van der Waals surface area contributed by atoms with Crippen molar-refractivity contribution in [3.05, 3.63) is 0 Å². The van der Waals surface area contributed by atoms with E-state index in [0.717, 1.165) is 7.11 Å². The predicted molar refractivity (Wildman–Crippen MR) is 37.4 cm³/mol. The van der Waals surface area contributed by atoms with Gasteiger partial charge in [0.1, 0.15) is 13.2 Å². The first-order chi connectivity index (χ1) is 6.60. The van der Waals surface area contributed by atoms with Gasteiger partial charge in [0.05, 0.1) is 0 Å². The Balaban J connectivity index is 4.71. The molecule has 0 aromatic heterocycles. The predicted octanol–water partition coefficient (Wildman–Crippen LogP) is 2.12. The van der Waals surface area contributed by atoms with Crippen molar-refractivity contribution < 1.29 is 36.6 Å². The topological polar surface area (TPSA) is 49.8 Å². The summed E-state index contributed by atoms with van der Waals surface area (Å²) >= 11 is 0. The fraction of sp³-hybridized carbons (Fsp3) is 0.833. The highest BCUT2D eigenvalue weighted by Crippen LogP contribution is 2.34. The number of rotatable bonds is 4. The first-order valence-electron chi connectivity index (χ1n) is 3.54. The van der Waals surface area contributed by atoms with Gasteiger partial charge in [-0.1, -0.05) is 0 Å². The Morgan fingerprint density at radius 3 is 2.07 bits per heavy atom. The molecule has 1 N–H and O–H groups in total. The number of carbonyl (C=O) groups is 1. The number of nitrogens with zero attached hydrogens (tertiary/aromatic N) is 1. The molecule has 4 nitrogen and oxygen atoms in total. The lowest BCUT2D eigenvalue weighted by atomic mass is 10.3. The molecule has 15 heavy (non-hydrogen) atoms. The molecule has 1 amide bonds. The molecule has 0 bridgehead atoms. The maximum atomic E-state index is 12.8. The van der Waals surface area contributed by atoms with Crippen molar-refractivity contribution >= 4 is 6.09 Å². The Morgan fingerprint density at radius 1 is 1.33 bits per heavy atom. The average Bonchev–Trinajstić information content (AvgIpc) is 1.93. The summed E-state index contributed by atoms with van der Waals surface area (Å²) in [5.41, 5.74) is 0. The number of alkyl halides is 5. The fourth-order valence-electron chi connectivity index (χ4n) is 0.755. The van der Waals surface area contributed by atoms with Gasteiger partial charge >= 0.3 is 18.3 Å². The second kappa shape index (κ2) is 4.60. The van der Waals surface area contributed by atoms with Gasteiger partial charge in [-0.2, -0.15) is 22.0 Å². The highest BCUT2D eigenvalue weighted by molar-refractivity contribution is 5.65. The third-order valence-corrected chi connectivity index (χ3v) is 1.30. The van der Waals surface area contributed by atoms with Crippen molar-refractivity contribution in [1.82, 2.24) is 4.90 Å². The summed E-state index contributed by atoms with van der Waals surface area (Å²) in [5.74, 6) is 0. The van der Waals surface area contributed by atoms with E-state index in [1.807, 2.05) is 0 Å². The number of halogens is 5. The van der Waals surface area contributed by atoms with Crippen molar-refractivity contribution in [3.8, 4) is 0 Å². The summed E-state index contributed by atoms with van der Waals surface area (Å²) < 4.78 is 64.6. The van der Waals surface area contributed by atoms with Crippen LogP contribution in [0.4, 0.5) is 26.7 Å². The minimum Gasteiger partial charge on any atom is -0.465 e. The molecule has 0 spiro atoms. The lowest BCUT2D eigenvalue weighted by Gasteiger charge is -2.28. The lowest BCUT2D eigenvalue weighted by molar-refractivity contribution is -0.237. The summed E-state index contributed by atoms with van der Waals surface area (Å²) in [4.78, 5) is 9.50. The zero-order valence-electron chi connectivity index (χ0n) is 7.51.